The van der Waals surface area contributed by atoms with Gasteiger partial charge in [-0.2, -0.15) is 0 Å². The molecular formula is C22H22BrClF2N2O4. The summed E-state index contributed by atoms with van der Waals surface area (Å²) in [5.74, 6) is -3.57. The number of carbonyl (C=O) groups excluding carboxylic acids is 3. The van der Waals surface area contributed by atoms with E-state index in [2.05, 4.69) is 26.6 Å². The van der Waals surface area contributed by atoms with Gasteiger partial charge < -0.3 is 15.4 Å². The molecule has 0 unspecified atom stereocenters. The van der Waals surface area contributed by atoms with Crippen LogP contribution in [0.5, 0.6) is 0 Å². The molecule has 2 amide bonds. The van der Waals surface area contributed by atoms with Crippen LogP contribution in [0.3, 0.4) is 0 Å². The molecule has 0 aliphatic carbocycles. The second kappa shape index (κ2) is 10.9. The number of alkyl carbamates (subject to hydrolysis) is 1. The third-order valence-corrected chi connectivity index (χ3v) is 5.32. The zero-order chi connectivity index (χ0) is 24.1. The highest BCUT2D eigenvalue weighted by atomic mass is 79.9. The van der Waals surface area contributed by atoms with E-state index in [1.165, 1.54) is 12.1 Å². The van der Waals surface area contributed by atoms with Gasteiger partial charge in [-0.05, 0) is 67.4 Å². The topological polar surface area (TPSA) is 84.5 Å². The van der Waals surface area contributed by atoms with Crippen LogP contribution in [-0.4, -0.2) is 29.9 Å². The molecular weight excluding hydrogens is 510 g/mol. The van der Waals surface area contributed by atoms with Crippen molar-refractivity contribution in [1.82, 2.24) is 5.32 Å². The first-order chi connectivity index (χ1) is 14.9. The number of hydrogen-bond donors (Lipinski definition) is 2. The molecule has 172 valence electrons. The highest BCUT2D eigenvalue weighted by Gasteiger charge is 2.25. The van der Waals surface area contributed by atoms with E-state index in [0.29, 0.717) is 10.9 Å². The van der Waals surface area contributed by atoms with E-state index in [9.17, 15) is 23.2 Å². The molecule has 2 rings (SSSR count). The molecule has 10 heteroatoms. The van der Waals surface area contributed by atoms with Gasteiger partial charge in [-0.25, -0.2) is 13.6 Å². The first kappa shape index (κ1) is 25.7. The fourth-order valence-corrected chi connectivity index (χ4v) is 3.26. The molecule has 2 aromatic carbocycles. The Morgan fingerprint density at radius 1 is 1.06 bits per heavy atom. The van der Waals surface area contributed by atoms with Crippen molar-refractivity contribution >= 4 is 51.0 Å². The van der Waals surface area contributed by atoms with Gasteiger partial charge in [0.15, 0.2) is 0 Å². The van der Waals surface area contributed by atoms with Gasteiger partial charge in [0.25, 0.3) is 0 Å². The average Bonchev–Trinajstić information content (AvgIpc) is 2.66. The summed E-state index contributed by atoms with van der Waals surface area (Å²) >= 11 is 9.39. The van der Waals surface area contributed by atoms with Gasteiger partial charge in [0, 0.05) is 17.4 Å². The zero-order valence-electron chi connectivity index (χ0n) is 17.7. The third kappa shape index (κ3) is 7.00. The predicted molar refractivity (Wildman–Crippen MR) is 121 cm³/mol. The first-order valence-corrected chi connectivity index (χ1v) is 10.8. The second-order valence-corrected chi connectivity index (χ2v) is 9.02. The minimum atomic E-state index is -1.04. The summed E-state index contributed by atoms with van der Waals surface area (Å²) in [6, 6.07) is 5.95. The van der Waals surface area contributed by atoms with Crippen molar-refractivity contribution in [2.45, 2.75) is 39.2 Å². The maximum Gasteiger partial charge on any atom is 0.407 e. The molecule has 0 aromatic heterocycles. The van der Waals surface area contributed by atoms with Crippen LogP contribution < -0.4 is 10.6 Å². The highest BCUT2D eigenvalue weighted by molar-refractivity contribution is 9.10. The first-order valence-electron chi connectivity index (χ1n) is 9.64. The van der Waals surface area contributed by atoms with Crippen LogP contribution in [0, 0.1) is 11.6 Å². The SMILES string of the molecule is CC(C)(C)OC(=O)NCCCC(=O)Nc1ccc(Br)c(Cl)c1C(=O)c1c(F)cccc1F. The summed E-state index contributed by atoms with van der Waals surface area (Å²) in [4.78, 5) is 36.9. The Morgan fingerprint density at radius 3 is 2.28 bits per heavy atom. The Kier molecular flexibility index (Phi) is 8.74. The minimum Gasteiger partial charge on any atom is -0.444 e. The average molecular weight is 532 g/mol. The number of ether oxygens (including phenoxy) is 1. The summed E-state index contributed by atoms with van der Waals surface area (Å²) in [7, 11) is 0. The molecule has 32 heavy (non-hydrogen) atoms. The van der Waals surface area contributed by atoms with Crippen molar-refractivity contribution in [3.63, 3.8) is 0 Å². The van der Waals surface area contributed by atoms with Crippen molar-refractivity contribution in [2.24, 2.45) is 0 Å². The van der Waals surface area contributed by atoms with Crippen LogP contribution in [0.1, 0.15) is 49.5 Å². The Hall–Kier alpha value is -2.52. The molecule has 0 aliphatic heterocycles. The van der Waals surface area contributed by atoms with E-state index in [1.807, 2.05) is 0 Å². The van der Waals surface area contributed by atoms with E-state index in [4.69, 9.17) is 16.3 Å². The van der Waals surface area contributed by atoms with E-state index in [0.717, 1.165) is 18.2 Å². The van der Waals surface area contributed by atoms with Gasteiger partial charge in [0.1, 0.15) is 17.2 Å². The molecule has 6 nitrogen and oxygen atoms in total. The molecule has 0 spiro atoms. The van der Waals surface area contributed by atoms with Crippen LogP contribution >= 0.6 is 27.5 Å². The minimum absolute atomic E-state index is 0.00513. The molecule has 0 radical (unpaired) electrons. The van der Waals surface area contributed by atoms with Crippen molar-refractivity contribution in [1.29, 1.82) is 0 Å². The van der Waals surface area contributed by atoms with E-state index in [1.54, 1.807) is 20.8 Å². The lowest BCUT2D eigenvalue weighted by Gasteiger charge is -2.19. The number of amides is 2. The predicted octanol–water partition coefficient (Wildman–Crippen LogP) is 5.86. The van der Waals surface area contributed by atoms with Gasteiger partial charge in [0.05, 0.1) is 21.8 Å². The van der Waals surface area contributed by atoms with Crippen molar-refractivity contribution in [2.75, 3.05) is 11.9 Å². The monoisotopic (exact) mass is 530 g/mol. The third-order valence-electron chi connectivity index (χ3n) is 4.03. The van der Waals surface area contributed by atoms with Crippen LogP contribution in [0.25, 0.3) is 0 Å². The number of nitrogens with one attached hydrogen (secondary N) is 2. The van der Waals surface area contributed by atoms with Crippen LogP contribution in [0.4, 0.5) is 19.3 Å². The van der Waals surface area contributed by atoms with Gasteiger partial charge in [0.2, 0.25) is 11.7 Å². The van der Waals surface area contributed by atoms with Crippen LogP contribution in [0.15, 0.2) is 34.8 Å². The lowest BCUT2D eigenvalue weighted by molar-refractivity contribution is -0.116. The Morgan fingerprint density at radius 2 is 1.69 bits per heavy atom. The van der Waals surface area contributed by atoms with E-state index >= 15 is 0 Å². The van der Waals surface area contributed by atoms with Gasteiger partial charge >= 0.3 is 6.09 Å². The molecule has 0 heterocycles. The standard InChI is InChI=1S/C22H22BrClF2N2O4/c1-22(2,3)32-21(31)27-11-5-8-16(29)28-15-10-9-12(23)19(24)18(15)20(30)17-13(25)6-4-7-14(17)26/h4,6-7,9-10H,5,8,11H2,1-3H3,(H,27,31)(H,28,29). The van der Waals surface area contributed by atoms with E-state index in [-0.39, 0.29) is 29.2 Å². The Balaban J connectivity index is 2.11. The molecule has 0 aliphatic rings. The summed E-state index contributed by atoms with van der Waals surface area (Å²) < 4.78 is 33.7. The highest BCUT2D eigenvalue weighted by Crippen LogP contribution is 2.34. The Labute approximate surface area is 197 Å². The number of anilines is 1. The number of carbonyl (C=O) groups is 3. The molecule has 0 saturated heterocycles. The summed E-state index contributed by atoms with van der Waals surface area (Å²) in [5, 5.41) is 4.98. The molecule has 2 aromatic rings. The number of ketones is 1. The van der Waals surface area contributed by atoms with Gasteiger partial charge in [-0.3, -0.25) is 9.59 Å². The summed E-state index contributed by atoms with van der Waals surface area (Å²) in [5.41, 5.74) is -1.64. The fourth-order valence-electron chi connectivity index (χ4n) is 2.68. The summed E-state index contributed by atoms with van der Waals surface area (Å²) in [6.45, 7) is 5.38. The van der Waals surface area contributed by atoms with Gasteiger partial charge in [-0.15, -0.1) is 0 Å². The number of hydrogen-bond acceptors (Lipinski definition) is 4. The fraction of sp³-hybridized carbons (Fsp3) is 0.318. The van der Waals surface area contributed by atoms with Crippen molar-refractivity contribution in [3.05, 3.63) is 62.6 Å². The summed E-state index contributed by atoms with van der Waals surface area (Å²) in [6.07, 6.45) is -0.302. The molecule has 2 N–H and O–H groups in total. The van der Waals surface area contributed by atoms with Crippen molar-refractivity contribution in [3.8, 4) is 0 Å². The molecule has 0 fully saturated rings. The Bertz CT molecular complexity index is 1020. The maximum absolute atomic E-state index is 14.1. The normalized spacial score (nSPS) is 11.1. The molecule has 0 saturated carbocycles. The molecule has 0 atom stereocenters. The molecule has 0 bridgehead atoms. The van der Waals surface area contributed by atoms with E-state index < -0.39 is 40.6 Å². The second-order valence-electron chi connectivity index (χ2n) is 7.79. The maximum atomic E-state index is 14.1. The quantitative estimate of drug-likeness (QED) is 0.346. The lowest BCUT2D eigenvalue weighted by Crippen LogP contribution is -2.33. The number of rotatable bonds is 7. The smallest absolute Gasteiger partial charge is 0.407 e. The van der Waals surface area contributed by atoms with Crippen molar-refractivity contribution < 1.29 is 27.9 Å². The number of halogens is 4. The lowest BCUT2D eigenvalue weighted by atomic mass is 10.00. The largest absolute Gasteiger partial charge is 0.444 e. The number of benzene rings is 2. The van der Waals surface area contributed by atoms with Gasteiger partial charge in [-0.1, -0.05) is 17.7 Å². The van der Waals surface area contributed by atoms with Crippen LogP contribution in [-0.2, 0) is 9.53 Å². The zero-order valence-corrected chi connectivity index (χ0v) is 20.0. The van der Waals surface area contributed by atoms with Crippen LogP contribution in [0.2, 0.25) is 5.02 Å².